The van der Waals surface area contributed by atoms with Gasteiger partial charge in [0.1, 0.15) is 5.01 Å². The lowest BCUT2D eigenvalue weighted by molar-refractivity contribution is -0.115. The van der Waals surface area contributed by atoms with Crippen molar-refractivity contribution >= 4 is 34.7 Å². The van der Waals surface area contributed by atoms with Gasteiger partial charge in [0.2, 0.25) is 5.91 Å². The van der Waals surface area contributed by atoms with Gasteiger partial charge in [-0.3, -0.25) is 19.3 Å². The van der Waals surface area contributed by atoms with Gasteiger partial charge in [-0.1, -0.05) is 29.8 Å². The second-order valence-electron chi connectivity index (χ2n) is 6.57. The Balaban J connectivity index is 1.40. The lowest BCUT2D eigenvalue weighted by Gasteiger charge is -2.11. The van der Waals surface area contributed by atoms with E-state index in [1.54, 1.807) is 29.6 Å². The third kappa shape index (κ3) is 3.57. The topological polar surface area (TPSA) is 79.4 Å². The van der Waals surface area contributed by atoms with Crippen LogP contribution in [0.1, 0.15) is 37.0 Å². The molecule has 0 spiro atoms. The Labute approximate surface area is 165 Å². The number of fused-ring (bicyclic) bond motifs is 1. The van der Waals surface area contributed by atoms with Gasteiger partial charge in [0.25, 0.3) is 11.8 Å². The molecule has 1 aromatic heterocycles. The van der Waals surface area contributed by atoms with Crippen LogP contribution in [-0.2, 0) is 17.8 Å². The maximum absolute atomic E-state index is 12.4. The van der Waals surface area contributed by atoms with Crippen LogP contribution < -0.4 is 5.32 Å². The van der Waals surface area contributed by atoms with E-state index < -0.39 is 0 Å². The van der Waals surface area contributed by atoms with Gasteiger partial charge in [-0.05, 0) is 31.2 Å². The molecular formula is C21H17N3O3S. The van der Waals surface area contributed by atoms with Crippen LogP contribution in [0.2, 0.25) is 0 Å². The SMILES string of the molecule is Cc1ccc(NC(=O)Cc2nc(CN3C(=O)c4ccccc4C3=O)cs2)cc1. The smallest absolute Gasteiger partial charge is 0.261 e. The molecule has 0 atom stereocenters. The number of thiazole rings is 1. The van der Waals surface area contributed by atoms with Crippen molar-refractivity contribution in [1.82, 2.24) is 9.88 Å². The second-order valence-corrected chi connectivity index (χ2v) is 7.51. The van der Waals surface area contributed by atoms with Crippen molar-refractivity contribution in [2.24, 2.45) is 0 Å². The Kier molecular flexibility index (Phi) is 4.75. The van der Waals surface area contributed by atoms with Crippen molar-refractivity contribution in [3.8, 4) is 0 Å². The zero-order valence-corrected chi connectivity index (χ0v) is 16.0. The average molecular weight is 391 g/mol. The van der Waals surface area contributed by atoms with E-state index in [1.165, 1.54) is 16.2 Å². The van der Waals surface area contributed by atoms with E-state index in [-0.39, 0.29) is 30.7 Å². The summed E-state index contributed by atoms with van der Waals surface area (Å²) >= 11 is 1.34. The number of benzene rings is 2. The standard InChI is InChI=1S/C21H17N3O3S/c1-13-6-8-14(9-7-13)22-18(25)10-19-23-15(12-28-19)11-24-20(26)16-4-2-3-5-17(16)21(24)27/h2-9,12H,10-11H2,1H3,(H,22,25). The first-order valence-electron chi connectivity index (χ1n) is 8.76. The number of rotatable bonds is 5. The fraction of sp³-hybridized carbons (Fsp3) is 0.143. The first-order chi connectivity index (χ1) is 13.5. The molecule has 0 unspecified atom stereocenters. The van der Waals surface area contributed by atoms with Gasteiger partial charge in [-0.2, -0.15) is 0 Å². The highest BCUT2D eigenvalue weighted by Gasteiger charge is 2.35. The van der Waals surface area contributed by atoms with E-state index >= 15 is 0 Å². The van der Waals surface area contributed by atoms with Crippen LogP contribution >= 0.6 is 11.3 Å². The molecule has 0 radical (unpaired) electrons. The van der Waals surface area contributed by atoms with Crippen LogP contribution in [0.5, 0.6) is 0 Å². The molecule has 0 saturated heterocycles. The third-order valence-corrected chi connectivity index (χ3v) is 5.34. The highest BCUT2D eigenvalue weighted by atomic mass is 32.1. The van der Waals surface area contributed by atoms with Crippen LogP contribution in [0.15, 0.2) is 53.9 Å². The van der Waals surface area contributed by atoms with Crippen molar-refractivity contribution in [3.63, 3.8) is 0 Å². The van der Waals surface area contributed by atoms with Crippen LogP contribution in [0.4, 0.5) is 5.69 Å². The molecule has 28 heavy (non-hydrogen) atoms. The minimum absolute atomic E-state index is 0.0996. The molecule has 2 aromatic carbocycles. The Morgan fingerprint density at radius 1 is 1.04 bits per heavy atom. The summed E-state index contributed by atoms with van der Waals surface area (Å²) in [6.07, 6.45) is 0.140. The summed E-state index contributed by atoms with van der Waals surface area (Å²) in [6, 6.07) is 14.3. The molecule has 0 saturated carbocycles. The number of anilines is 1. The molecular weight excluding hydrogens is 374 g/mol. The summed E-state index contributed by atoms with van der Waals surface area (Å²) in [5.41, 5.74) is 3.28. The molecule has 1 N–H and O–H groups in total. The monoisotopic (exact) mass is 391 g/mol. The summed E-state index contributed by atoms with van der Waals surface area (Å²) in [5, 5.41) is 5.25. The number of aromatic nitrogens is 1. The normalized spacial score (nSPS) is 13.0. The molecule has 3 aromatic rings. The van der Waals surface area contributed by atoms with Crippen LogP contribution in [-0.4, -0.2) is 27.6 Å². The van der Waals surface area contributed by atoms with Crippen molar-refractivity contribution in [3.05, 3.63) is 81.3 Å². The summed E-state index contributed by atoms with van der Waals surface area (Å²) in [6.45, 7) is 2.08. The van der Waals surface area contributed by atoms with Crippen molar-refractivity contribution in [2.45, 2.75) is 19.9 Å². The van der Waals surface area contributed by atoms with Gasteiger partial charge in [-0.25, -0.2) is 4.98 Å². The second kappa shape index (κ2) is 7.36. The molecule has 6 nitrogen and oxygen atoms in total. The van der Waals surface area contributed by atoms with E-state index in [9.17, 15) is 14.4 Å². The van der Waals surface area contributed by atoms with Crippen molar-refractivity contribution < 1.29 is 14.4 Å². The average Bonchev–Trinajstić information content (AvgIpc) is 3.22. The summed E-state index contributed by atoms with van der Waals surface area (Å²) in [4.78, 5) is 42.7. The van der Waals surface area contributed by atoms with E-state index in [1.807, 2.05) is 31.2 Å². The van der Waals surface area contributed by atoms with Crippen LogP contribution in [0.3, 0.4) is 0 Å². The fourth-order valence-electron chi connectivity index (χ4n) is 3.03. The number of imide groups is 1. The number of nitrogens with zero attached hydrogens (tertiary/aromatic N) is 2. The minimum Gasteiger partial charge on any atom is -0.326 e. The number of carbonyl (C=O) groups is 3. The summed E-state index contributed by atoms with van der Waals surface area (Å²) in [7, 11) is 0. The lowest BCUT2D eigenvalue weighted by atomic mass is 10.1. The highest BCUT2D eigenvalue weighted by molar-refractivity contribution is 7.09. The number of nitrogens with one attached hydrogen (secondary N) is 1. The molecule has 3 amide bonds. The first kappa shape index (κ1) is 18.1. The molecule has 7 heteroatoms. The molecule has 140 valence electrons. The van der Waals surface area contributed by atoms with E-state index in [0.717, 1.165) is 11.3 Å². The number of carbonyl (C=O) groups excluding carboxylic acids is 3. The zero-order valence-electron chi connectivity index (χ0n) is 15.1. The molecule has 0 bridgehead atoms. The van der Waals surface area contributed by atoms with Crippen LogP contribution in [0.25, 0.3) is 0 Å². The molecule has 0 aliphatic carbocycles. The van der Waals surface area contributed by atoms with Gasteiger partial charge < -0.3 is 5.32 Å². The quantitative estimate of drug-likeness (QED) is 0.676. The third-order valence-electron chi connectivity index (χ3n) is 4.44. The Hall–Kier alpha value is -3.32. The number of amides is 3. The fourth-order valence-corrected chi connectivity index (χ4v) is 3.81. The van der Waals surface area contributed by atoms with Gasteiger partial charge in [0.15, 0.2) is 0 Å². The van der Waals surface area contributed by atoms with Crippen molar-refractivity contribution in [2.75, 3.05) is 5.32 Å². The van der Waals surface area contributed by atoms with Crippen molar-refractivity contribution in [1.29, 1.82) is 0 Å². The Morgan fingerprint density at radius 3 is 2.32 bits per heavy atom. The van der Waals surface area contributed by atoms with Crippen LogP contribution in [0, 0.1) is 6.92 Å². The maximum atomic E-state index is 12.4. The van der Waals surface area contributed by atoms with Gasteiger partial charge in [0.05, 0.1) is 29.8 Å². The zero-order chi connectivity index (χ0) is 19.7. The van der Waals surface area contributed by atoms with Gasteiger partial charge in [0, 0.05) is 11.1 Å². The lowest BCUT2D eigenvalue weighted by Crippen LogP contribution is -2.29. The molecule has 2 heterocycles. The first-order valence-corrected chi connectivity index (χ1v) is 9.64. The highest BCUT2D eigenvalue weighted by Crippen LogP contribution is 2.24. The van der Waals surface area contributed by atoms with Gasteiger partial charge >= 0.3 is 0 Å². The summed E-state index contributed by atoms with van der Waals surface area (Å²) < 4.78 is 0. The minimum atomic E-state index is -0.313. The Bertz CT molecular complexity index is 1040. The molecule has 1 aliphatic rings. The molecule has 1 aliphatic heterocycles. The molecule has 4 rings (SSSR count). The van der Waals surface area contributed by atoms with E-state index in [2.05, 4.69) is 10.3 Å². The predicted molar refractivity (Wildman–Crippen MR) is 106 cm³/mol. The Morgan fingerprint density at radius 2 is 1.68 bits per heavy atom. The number of hydrogen-bond donors (Lipinski definition) is 1. The largest absolute Gasteiger partial charge is 0.326 e. The predicted octanol–water partition coefficient (Wildman–Crippen LogP) is 3.43. The number of hydrogen-bond acceptors (Lipinski definition) is 5. The maximum Gasteiger partial charge on any atom is 0.261 e. The summed E-state index contributed by atoms with van der Waals surface area (Å²) in [5.74, 6) is -0.787. The van der Waals surface area contributed by atoms with Gasteiger partial charge in [-0.15, -0.1) is 11.3 Å². The van der Waals surface area contributed by atoms with E-state index in [4.69, 9.17) is 0 Å². The molecule has 0 fully saturated rings. The number of aryl methyl sites for hydroxylation is 1. The van der Waals surface area contributed by atoms with E-state index in [0.29, 0.717) is 21.8 Å².